The number of rotatable bonds is 5. The molecule has 0 radical (unpaired) electrons. The summed E-state index contributed by atoms with van der Waals surface area (Å²) >= 11 is 16.1. The molecule has 0 aliphatic rings. The fourth-order valence-corrected chi connectivity index (χ4v) is 4.19. The normalized spacial score (nSPS) is 12.3. The van der Waals surface area contributed by atoms with Gasteiger partial charge in [-0.3, -0.25) is 0 Å². The lowest BCUT2D eigenvalue weighted by Crippen LogP contribution is -2.12. The van der Waals surface area contributed by atoms with Crippen LogP contribution in [-0.2, 0) is 6.42 Å². The van der Waals surface area contributed by atoms with Gasteiger partial charge in [0.05, 0.1) is 21.8 Å². The molecule has 5 heteroatoms. The van der Waals surface area contributed by atoms with Crippen LogP contribution in [0.5, 0.6) is 0 Å². The molecule has 0 aliphatic carbocycles. The Hall–Kier alpha value is -1.00. The van der Waals surface area contributed by atoms with Crippen molar-refractivity contribution >= 4 is 51.6 Å². The molecule has 1 aromatic carbocycles. The number of halogens is 2. The van der Waals surface area contributed by atoms with E-state index >= 15 is 0 Å². The lowest BCUT2D eigenvalue weighted by molar-refractivity contribution is 0.802. The van der Waals surface area contributed by atoms with Crippen molar-refractivity contribution in [2.75, 3.05) is 5.32 Å². The van der Waals surface area contributed by atoms with E-state index in [2.05, 4.69) is 40.3 Å². The quantitative estimate of drug-likeness (QED) is 0.550. The van der Waals surface area contributed by atoms with Crippen molar-refractivity contribution in [2.45, 2.75) is 12.5 Å². The summed E-state index contributed by atoms with van der Waals surface area (Å²) in [6.07, 6.45) is 0.916. The Labute approximate surface area is 142 Å². The molecule has 1 N–H and O–H groups in total. The lowest BCUT2D eigenvalue weighted by Gasteiger charge is -2.20. The molecule has 1 unspecified atom stereocenters. The second-order valence-electron chi connectivity index (χ2n) is 4.59. The van der Waals surface area contributed by atoms with Crippen LogP contribution >= 0.6 is 45.9 Å². The fourth-order valence-electron chi connectivity index (χ4n) is 2.15. The maximum Gasteiger partial charge on any atom is 0.0724 e. The van der Waals surface area contributed by atoms with Gasteiger partial charge in [0, 0.05) is 16.2 Å². The monoisotopic (exact) mass is 353 g/mol. The van der Waals surface area contributed by atoms with Gasteiger partial charge in [0.2, 0.25) is 0 Å². The van der Waals surface area contributed by atoms with Gasteiger partial charge in [-0.1, -0.05) is 41.4 Å². The zero-order valence-corrected chi connectivity index (χ0v) is 14.2. The van der Waals surface area contributed by atoms with Crippen LogP contribution in [0.4, 0.5) is 5.69 Å². The smallest absolute Gasteiger partial charge is 0.0724 e. The highest BCUT2D eigenvalue weighted by Gasteiger charge is 2.17. The van der Waals surface area contributed by atoms with Crippen LogP contribution in [-0.4, -0.2) is 0 Å². The summed E-state index contributed by atoms with van der Waals surface area (Å²) in [5.74, 6) is 0. The van der Waals surface area contributed by atoms with E-state index in [0.29, 0.717) is 10.0 Å². The number of hydrogen-bond donors (Lipinski definition) is 1. The first-order chi connectivity index (χ1) is 10.2. The molecule has 1 atom stereocenters. The molecule has 2 heterocycles. The summed E-state index contributed by atoms with van der Waals surface area (Å²) in [7, 11) is 0. The maximum absolute atomic E-state index is 6.28. The van der Waals surface area contributed by atoms with E-state index in [4.69, 9.17) is 23.2 Å². The van der Waals surface area contributed by atoms with E-state index in [1.165, 1.54) is 9.75 Å². The van der Waals surface area contributed by atoms with E-state index in [9.17, 15) is 0 Å². The van der Waals surface area contributed by atoms with Crippen LogP contribution in [0.15, 0.2) is 53.2 Å². The van der Waals surface area contributed by atoms with Gasteiger partial charge in [-0.15, -0.1) is 22.7 Å². The molecule has 0 saturated carbocycles. The van der Waals surface area contributed by atoms with Crippen LogP contribution in [0.1, 0.15) is 15.8 Å². The Kier molecular flexibility index (Phi) is 4.86. The molecule has 3 rings (SSSR count). The van der Waals surface area contributed by atoms with Crippen LogP contribution in [0, 0.1) is 0 Å². The third-order valence-electron chi connectivity index (χ3n) is 3.15. The molecule has 108 valence electrons. The van der Waals surface area contributed by atoms with Crippen LogP contribution in [0.3, 0.4) is 0 Å². The Morgan fingerprint density at radius 2 is 1.62 bits per heavy atom. The van der Waals surface area contributed by atoms with Gasteiger partial charge in [-0.2, -0.15) is 0 Å². The highest BCUT2D eigenvalue weighted by molar-refractivity contribution is 7.10. The second-order valence-corrected chi connectivity index (χ2v) is 7.42. The number of benzene rings is 1. The largest absolute Gasteiger partial charge is 0.375 e. The molecule has 0 amide bonds. The highest BCUT2D eigenvalue weighted by atomic mass is 35.5. The van der Waals surface area contributed by atoms with Gasteiger partial charge in [-0.25, -0.2) is 0 Å². The molecular formula is C16H13Cl2NS2. The van der Waals surface area contributed by atoms with Crippen LogP contribution < -0.4 is 5.32 Å². The minimum Gasteiger partial charge on any atom is -0.375 e. The van der Waals surface area contributed by atoms with E-state index in [-0.39, 0.29) is 6.04 Å². The highest BCUT2D eigenvalue weighted by Crippen LogP contribution is 2.35. The van der Waals surface area contributed by atoms with Gasteiger partial charge in [0.15, 0.2) is 0 Å². The SMILES string of the molecule is Clc1cccc(Cl)c1NC(Cc1cccs1)c1cccs1. The summed E-state index contributed by atoms with van der Waals surface area (Å²) in [4.78, 5) is 2.61. The molecule has 3 aromatic rings. The van der Waals surface area contributed by atoms with Crippen molar-refractivity contribution in [1.29, 1.82) is 0 Å². The van der Waals surface area contributed by atoms with E-state index in [1.54, 1.807) is 22.7 Å². The first kappa shape index (κ1) is 14.9. The van der Waals surface area contributed by atoms with Crippen molar-refractivity contribution in [3.63, 3.8) is 0 Å². The molecule has 21 heavy (non-hydrogen) atoms. The Morgan fingerprint density at radius 1 is 0.905 bits per heavy atom. The number of anilines is 1. The number of para-hydroxylation sites is 1. The van der Waals surface area contributed by atoms with Crippen molar-refractivity contribution in [3.05, 3.63) is 73.0 Å². The van der Waals surface area contributed by atoms with Crippen molar-refractivity contribution < 1.29 is 0 Å². The molecule has 0 spiro atoms. The molecule has 0 saturated heterocycles. The summed E-state index contributed by atoms with van der Waals surface area (Å²) in [5.41, 5.74) is 0.802. The molecule has 0 fully saturated rings. The summed E-state index contributed by atoms with van der Waals surface area (Å²) in [5, 5.41) is 9.00. The third-order valence-corrected chi connectivity index (χ3v) is 5.67. The number of hydrogen-bond acceptors (Lipinski definition) is 3. The predicted molar refractivity (Wildman–Crippen MR) is 95.2 cm³/mol. The third kappa shape index (κ3) is 3.61. The Morgan fingerprint density at radius 3 is 2.24 bits per heavy atom. The van der Waals surface area contributed by atoms with E-state index in [1.807, 2.05) is 18.2 Å². The first-order valence-electron chi connectivity index (χ1n) is 6.50. The summed E-state index contributed by atoms with van der Waals surface area (Å²) in [6.45, 7) is 0. The predicted octanol–water partition coefficient (Wildman–Crippen LogP) is 6.51. The second kappa shape index (κ2) is 6.84. The zero-order chi connectivity index (χ0) is 14.7. The lowest BCUT2D eigenvalue weighted by atomic mass is 10.1. The fraction of sp³-hybridized carbons (Fsp3) is 0.125. The van der Waals surface area contributed by atoms with Crippen LogP contribution in [0.2, 0.25) is 10.0 Å². The van der Waals surface area contributed by atoms with Gasteiger partial charge in [-0.05, 0) is 35.0 Å². The average molecular weight is 354 g/mol. The van der Waals surface area contributed by atoms with Crippen molar-refractivity contribution in [2.24, 2.45) is 0 Å². The Balaban J connectivity index is 1.89. The van der Waals surface area contributed by atoms with Gasteiger partial charge in [0.1, 0.15) is 0 Å². The zero-order valence-electron chi connectivity index (χ0n) is 11.1. The summed E-state index contributed by atoms with van der Waals surface area (Å²) in [6, 6.07) is 14.2. The van der Waals surface area contributed by atoms with Crippen molar-refractivity contribution in [3.8, 4) is 0 Å². The Bertz CT molecular complexity index is 673. The van der Waals surface area contributed by atoms with Gasteiger partial charge in [0.25, 0.3) is 0 Å². The first-order valence-corrected chi connectivity index (χ1v) is 9.02. The molecule has 0 aliphatic heterocycles. The van der Waals surface area contributed by atoms with Gasteiger partial charge < -0.3 is 5.32 Å². The summed E-state index contributed by atoms with van der Waals surface area (Å²) < 4.78 is 0. The minimum atomic E-state index is 0.168. The number of nitrogens with one attached hydrogen (secondary N) is 1. The molecule has 2 aromatic heterocycles. The molecular weight excluding hydrogens is 341 g/mol. The van der Waals surface area contributed by atoms with Crippen molar-refractivity contribution in [1.82, 2.24) is 0 Å². The van der Waals surface area contributed by atoms with E-state index in [0.717, 1.165) is 12.1 Å². The van der Waals surface area contributed by atoms with Crippen LogP contribution in [0.25, 0.3) is 0 Å². The average Bonchev–Trinajstić information content (AvgIpc) is 3.14. The maximum atomic E-state index is 6.28. The van der Waals surface area contributed by atoms with E-state index < -0.39 is 0 Å². The molecule has 1 nitrogen and oxygen atoms in total. The number of thiophene rings is 2. The molecule has 0 bridgehead atoms. The minimum absolute atomic E-state index is 0.168. The van der Waals surface area contributed by atoms with Gasteiger partial charge >= 0.3 is 0 Å². The topological polar surface area (TPSA) is 12.0 Å². The standard InChI is InChI=1S/C16H13Cl2NS2/c17-12-5-1-6-13(18)16(12)19-14(15-7-3-9-21-15)10-11-4-2-8-20-11/h1-9,14,19H,10H2.